The van der Waals surface area contributed by atoms with Crippen molar-refractivity contribution >= 4 is 55.2 Å². The number of aryl methyl sites for hydroxylation is 1. The number of hydrogen-bond donors (Lipinski definition) is 4. The second-order valence-electron chi connectivity index (χ2n) is 10.5. The van der Waals surface area contributed by atoms with Gasteiger partial charge in [0.2, 0.25) is 0 Å². The average Bonchev–Trinajstić information content (AvgIpc) is 3.56. The topological polar surface area (TPSA) is 175 Å². The maximum absolute atomic E-state index is 15.8. The summed E-state index contributed by atoms with van der Waals surface area (Å²) in [5, 5.41) is 32.7. The van der Waals surface area contributed by atoms with E-state index in [4.69, 9.17) is 25.5 Å². The minimum Gasteiger partial charge on any atom is -0.475 e. The van der Waals surface area contributed by atoms with Gasteiger partial charge in [-0.05, 0) is 31.0 Å². The number of fused-ring (bicyclic) bond motifs is 2. The molecule has 0 radical (unpaired) electrons. The molecule has 5 N–H and O–H groups in total. The van der Waals surface area contributed by atoms with E-state index in [1.807, 2.05) is 17.9 Å². The fourth-order valence-corrected chi connectivity index (χ4v) is 6.20. The fraction of sp³-hybridized carbons (Fsp3) is 0.321. The van der Waals surface area contributed by atoms with Crippen LogP contribution in [-0.2, 0) is 16.1 Å². The number of carbonyl (C=O) groups is 3. The van der Waals surface area contributed by atoms with Gasteiger partial charge in [0, 0.05) is 48.1 Å². The Hall–Kier alpha value is -5.03. The monoisotopic (exact) mass is 706 g/mol. The minimum atomic E-state index is -5.08. The highest BCUT2D eigenvalue weighted by Gasteiger charge is 2.39. The highest BCUT2D eigenvalue weighted by atomic mass is 32.1. The lowest BCUT2D eigenvalue weighted by molar-refractivity contribution is -0.193. The number of halogens is 8. The first-order chi connectivity index (χ1) is 22.3. The van der Waals surface area contributed by atoms with Gasteiger partial charge >= 0.3 is 24.3 Å². The van der Waals surface area contributed by atoms with Crippen molar-refractivity contribution in [2.24, 2.45) is 0 Å². The van der Waals surface area contributed by atoms with Gasteiger partial charge in [-0.1, -0.05) is 6.07 Å². The molecule has 256 valence electrons. The number of alkyl halides is 6. The normalized spacial score (nSPS) is 17.7. The van der Waals surface area contributed by atoms with Crippen LogP contribution in [0.2, 0.25) is 0 Å². The van der Waals surface area contributed by atoms with Crippen LogP contribution in [0.3, 0.4) is 0 Å². The van der Waals surface area contributed by atoms with E-state index in [1.165, 1.54) is 18.2 Å². The van der Waals surface area contributed by atoms with Gasteiger partial charge in [0.1, 0.15) is 22.7 Å². The zero-order chi connectivity index (χ0) is 35.9. The van der Waals surface area contributed by atoms with E-state index < -0.39 is 35.9 Å². The fourth-order valence-electron chi connectivity index (χ4n) is 5.25. The summed E-state index contributed by atoms with van der Waals surface area (Å²) in [6.45, 7) is 3.81. The Bertz CT molecular complexity index is 1940. The Morgan fingerprint density at radius 1 is 1.08 bits per heavy atom. The van der Waals surface area contributed by atoms with Gasteiger partial charge in [0.05, 0.1) is 27.5 Å². The lowest BCUT2D eigenvalue weighted by atomic mass is 9.93. The van der Waals surface area contributed by atoms with E-state index in [-0.39, 0.29) is 49.8 Å². The molecule has 1 saturated heterocycles. The number of rotatable bonds is 1. The molecule has 1 fully saturated rings. The van der Waals surface area contributed by atoms with Crippen molar-refractivity contribution in [3.63, 3.8) is 0 Å². The second kappa shape index (κ2) is 13.2. The number of carboxylic acids is 2. The van der Waals surface area contributed by atoms with Gasteiger partial charge in [0.15, 0.2) is 0 Å². The number of thiophene rings is 1. The molecule has 6 rings (SSSR count). The van der Waals surface area contributed by atoms with Crippen LogP contribution in [0.5, 0.6) is 0 Å². The Morgan fingerprint density at radius 2 is 1.69 bits per heavy atom. The van der Waals surface area contributed by atoms with Crippen LogP contribution in [0.25, 0.3) is 32.1 Å². The van der Waals surface area contributed by atoms with E-state index in [1.54, 1.807) is 10.9 Å². The molecule has 0 spiro atoms. The number of nitriles is 1. The number of nitrogens with two attached hydrogens (primary N) is 1. The smallest absolute Gasteiger partial charge is 0.475 e. The number of nitrogens with zero attached hydrogens (tertiary/aromatic N) is 4. The van der Waals surface area contributed by atoms with E-state index in [0.717, 1.165) is 17.8 Å². The third kappa shape index (κ3) is 6.96. The van der Waals surface area contributed by atoms with Gasteiger partial charge in [0.25, 0.3) is 5.91 Å². The third-order valence-electron chi connectivity index (χ3n) is 7.34. The summed E-state index contributed by atoms with van der Waals surface area (Å²) in [4.78, 5) is 33.2. The summed E-state index contributed by atoms with van der Waals surface area (Å²) < 4.78 is 95.8. The molecule has 20 heteroatoms. The highest BCUT2D eigenvalue weighted by Crippen LogP contribution is 2.44. The number of nitrogen functional groups attached to an aromatic ring is 1. The molecule has 4 aromatic rings. The van der Waals surface area contributed by atoms with E-state index >= 15 is 4.39 Å². The van der Waals surface area contributed by atoms with Crippen molar-refractivity contribution in [3.05, 3.63) is 47.2 Å². The molecule has 0 saturated carbocycles. The van der Waals surface area contributed by atoms with Crippen LogP contribution in [-0.4, -0.2) is 80.3 Å². The molecule has 4 heterocycles. The van der Waals surface area contributed by atoms with Crippen LogP contribution in [0, 0.1) is 23.0 Å². The summed E-state index contributed by atoms with van der Waals surface area (Å²) in [6.07, 6.45) is -7.90. The van der Waals surface area contributed by atoms with Crippen LogP contribution in [0.4, 0.5) is 40.1 Å². The van der Waals surface area contributed by atoms with Crippen molar-refractivity contribution in [1.29, 1.82) is 5.26 Å². The van der Waals surface area contributed by atoms with Crippen molar-refractivity contribution in [1.82, 2.24) is 20.0 Å². The number of hydrogen-bond acceptors (Lipinski definition) is 8. The Balaban J connectivity index is 0.000000314. The van der Waals surface area contributed by atoms with E-state index in [0.29, 0.717) is 36.1 Å². The Morgan fingerprint density at radius 3 is 2.25 bits per heavy atom. The number of benzene rings is 2. The molecule has 0 aliphatic carbocycles. The highest BCUT2D eigenvalue weighted by molar-refractivity contribution is 7.23. The van der Waals surface area contributed by atoms with Crippen LogP contribution in [0.1, 0.15) is 29.3 Å². The van der Waals surface area contributed by atoms with Gasteiger partial charge in [-0.3, -0.25) is 9.48 Å². The van der Waals surface area contributed by atoms with Gasteiger partial charge in [-0.2, -0.15) is 36.7 Å². The molecule has 2 aromatic heterocycles. The first kappa shape index (κ1) is 35.8. The second-order valence-corrected chi connectivity index (χ2v) is 11.5. The molecule has 0 bridgehead atoms. The molecule has 2 atom stereocenters. The number of anilines is 1. The number of aliphatic carboxylic acids is 2. The summed E-state index contributed by atoms with van der Waals surface area (Å²) in [6, 6.07) is 6.14. The van der Waals surface area contributed by atoms with Crippen molar-refractivity contribution in [3.8, 4) is 17.2 Å². The SMILES string of the molecule is C[C@@H]1CN2C(=O)c3cc(F)c(-c4ccc(F)c5sc(N)c(C#N)c45)c4cnn(c34)CC[C@@H]2CN1.O=C(O)C(F)(F)F.O=C(O)C(F)(F)F. The molecular weight excluding hydrogens is 684 g/mol. The molecule has 2 aliphatic heterocycles. The maximum atomic E-state index is 15.8. The van der Waals surface area contributed by atoms with Gasteiger partial charge < -0.3 is 26.2 Å². The zero-order valence-corrected chi connectivity index (χ0v) is 25.0. The van der Waals surface area contributed by atoms with Crippen LogP contribution in [0.15, 0.2) is 24.4 Å². The standard InChI is InChI=1S/C24H20F2N6OS.2C2HF3O2/c1-11-10-31-12(8-29-11)4-5-32-21-14(24(31)33)6-18(26)19(16(21)9-30-32)13-2-3-17(25)22-20(13)15(7-27)23(28)34-22;2*3-2(4,5)1(6)7/h2-3,6,9,11-12,29H,4-5,8,10,28H2,1H3;2*(H,6,7)/t11-,12-;;/m1../s1. The summed E-state index contributed by atoms with van der Waals surface area (Å²) in [5.74, 6) is -6.89. The van der Waals surface area contributed by atoms with Gasteiger partial charge in [-0.15, -0.1) is 11.3 Å². The summed E-state index contributed by atoms with van der Waals surface area (Å²) in [7, 11) is 0. The molecule has 2 aromatic carbocycles. The first-order valence-electron chi connectivity index (χ1n) is 13.5. The lowest BCUT2D eigenvalue weighted by Crippen LogP contribution is -2.58. The van der Waals surface area contributed by atoms with Crippen LogP contribution < -0.4 is 11.1 Å². The molecule has 11 nitrogen and oxygen atoms in total. The van der Waals surface area contributed by atoms with Crippen molar-refractivity contribution in [2.45, 2.75) is 44.3 Å². The maximum Gasteiger partial charge on any atom is 0.490 e. The number of nitrogens with one attached hydrogen (secondary N) is 1. The average molecular weight is 707 g/mol. The lowest BCUT2D eigenvalue weighted by Gasteiger charge is -2.40. The largest absolute Gasteiger partial charge is 0.490 e. The predicted molar refractivity (Wildman–Crippen MR) is 154 cm³/mol. The molecule has 1 amide bonds. The van der Waals surface area contributed by atoms with E-state index in [2.05, 4.69) is 10.4 Å². The zero-order valence-electron chi connectivity index (χ0n) is 24.2. The van der Waals surface area contributed by atoms with Crippen molar-refractivity contribution < 1.29 is 59.7 Å². The number of carbonyl (C=O) groups excluding carboxylic acids is 1. The quantitative estimate of drug-likeness (QED) is 0.196. The number of carboxylic acid groups (broad SMARTS) is 2. The number of amides is 1. The van der Waals surface area contributed by atoms with Crippen molar-refractivity contribution in [2.75, 3.05) is 18.8 Å². The Kier molecular flexibility index (Phi) is 9.87. The molecule has 48 heavy (non-hydrogen) atoms. The third-order valence-corrected chi connectivity index (χ3v) is 8.36. The van der Waals surface area contributed by atoms with Gasteiger partial charge in [-0.25, -0.2) is 18.4 Å². The van der Waals surface area contributed by atoms with Crippen LogP contribution >= 0.6 is 11.3 Å². The molecule has 2 aliphatic rings. The molecule has 0 unspecified atom stereocenters. The Labute approximate surface area is 267 Å². The minimum absolute atomic E-state index is 0.00234. The first-order valence-corrected chi connectivity index (χ1v) is 14.3. The summed E-state index contributed by atoms with van der Waals surface area (Å²) >= 11 is 0.963. The number of aromatic nitrogens is 2. The molecular formula is C28H22F8N6O5S. The summed E-state index contributed by atoms with van der Waals surface area (Å²) in [5.41, 5.74) is 7.45. The number of piperazine rings is 1. The predicted octanol–water partition coefficient (Wildman–Crippen LogP) is 5.12. The van der Waals surface area contributed by atoms with E-state index in [9.17, 15) is 40.8 Å².